The van der Waals surface area contributed by atoms with Gasteiger partial charge in [-0.15, -0.1) is 0 Å². The highest BCUT2D eigenvalue weighted by Gasteiger charge is 2.45. The molecule has 0 radical (unpaired) electrons. The van der Waals surface area contributed by atoms with Crippen LogP contribution in [-0.2, 0) is 11.2 Å². The van der Waals surface area contributed by atoms with Crippen LogP contribution < -0.4 is 5.32 Å². The van der Waals surface area contributed by atoms with Gasteiger partial charge < -0.3 is 10.4 Å². The van der Waals surface area contributed by atoms with Gasteiger partial charge in [-0.2, -0.15) is 0 Å². The third-order valence-electron chi connectivity index (χ3n) is 5.84. The standard InChI is InChI=1S/C18H24N2O2/c21-16(12-18-7-3-9-20(18)10-4-8-18)19-15-11-13-5-1-2-6-14(13)17(15)22/h1-2,5-6,15,17,22H,3-4,7-12H2,(H,19,21)/t15-,17+/m1/s1. The Morgan fingerprint density at radius 3 is 2.73 bits per heavy atom. The number of carbonyl (C=O) groups is 1. The second-order valence-electron chi connectivity index (χ2n) is 7.12. The summed E-state index contributed by atoms with van der Waals surface area (Å²) >= 11 is 0. The number of nitrogens with zero attached hydrogens (tertiary/aromatic N) is 1. The average Bonchev–Trinajstić information content (AvgIpc) is 3.13. The summed E-state index contributed by atoms with van der Waals surface area (Å²) in [5, 5.41) is 13.5. The Morgan fingerprint density at radius 1 is 1.27 bits per heavy atom. The molecule has 0 bridgehead atoms. The number of amides is 1. The number of rotatable bonds is 3. The molecule has 2 N–H and O–H groups in total. The van der Waals surface area contributed by atoms with E-state index in [0.29, 0.717) is 6.42 Å². The molecule has 4 rings (SSSR count). The molecule has 2 saturated heterocycles. The predicted octanol–water partition coefficient (Wildman–Crippen LogP) is 1.78. The molecule has 0 saturated carbocycles. The topological polar surface area (TPSA) is 52.6 Å². The van der Waals surface area contributed by atoms with Crippen molar-refractivity contribution < 1.29 is 9.90 Å². The van der Waals surface area contributed by atoms with E-state index < -0.39 is 6.10 Å². The van der Waals surface area contributed by atoms with Gasteiger partial charge in [-0.25, -0.2) is 0 Å². The summed E-state index contributed by atoms with van der Waals surface area (Å²) in [6.07, 6.45) is 5.48. The minimum atomic E-state index is -0.569. The van der Waals surface area contributed by atoms with Crippen molar-refractivity contribution in [2.45, 2.75) is 56.2 Å². The third kappa shape index (κ3) is 2.25. The van der Waals surface area contributed by atoms with Crippen LogP contribution >= 0.6 is 0 Å². The van der Waals surface area contributed by atoms with E-state index in [0.717, 1.165) is 43.5 Å². The van der Waals surface area contributed by atoms with Gasteiger partial charge >= 0.3 is 0 Å². The van der Waals surface area contributed by atoms with E-state index in [1.807, 2.05) is 24.3 Å². The van der Waals surface area contributed by atoms with E-state index >= 15 is 0 Å². The number of hydrogen-bond acceptors (Lipinski definition) is 3. The molecular weight excluding hydrogens is 276 g/mol. The van der Waals surface area contributed by atoms with Crippen molar-refractivity contribution in [1.82, 2.24) is 10.2 Å². The van der Waals surface area contributed by atoms with E-state index in [-0.39, 0.29) is 17.5 Å². The zero-order valence-electron chi connectivity index (χ0n) is 12.9. The first-order valence-corrected chi connectivity index (χ1v) is 8.48. The summed E-state index contributed by atoms with van der Waals surface area (Å²) < 4.78 is 0. The maximum absolute atomic E-state index is 12.5. The maximum Gasteiger partial charge on any atom is 0.222 e. The molecule has 0 unspecified atom stereocenters. The van der Waals surface area contributed by atoms with E-state index in [2.05, 4.69) is 10.2 Å². The highest BCUT2D eigenvalue weighted by atomic mass is 16.3. The molecule has 4 heteroatoms. The Labute approximate surface area is 131 Å². The van der Waals surface area contributed by atoms with Crippen LogP contribution in [0.4, 0.5) is 0 Å². The van der Waals surface area contributed by atoms with E-state index in [4.69, 9.17) is 0 Å². The van der Waals surface area contributed by atoms with Gasteiger partial charge in [0.2, 0.25) is 5.91 Å². The number of nitrogens with one attached hydrogen (secondary N) is 1. The molecule has 1 aromatic carbocycles. The summed E-state index contributed by atoms with van der Waals surface area (Å²) in [5.41, 5.74) is 2.23. The highest BCUT2D eigenvalue weighted by molar-refractivity contribution is 5.78. The molecule has 2 aliphatic heterocycles. The molecule has 2 fully saturated rings. The van der Waals surface area contributed by atoms with E-state index in [1.54, 1.807) is 0 Å². The smallest absolute Gasteiger partial charge is 0.222 e. The molecular formula is C18H24N2O2. The highest BCUT2D eigenvalue weighted by Crippen LogP contribution is 2.41. The Hall–Kier alpha value is -1.39. The van der Waals surface area contributed by atoms with Crippen LogP contribution in [0.2, 0.25) is 0 Å². The van der Waals surface area contributed by atoms with Gasteiger partial charge in [-0.1, -0.05) is 24.3 Å². The summed E-state index contributed by atoms with van der Waals surface area (Å²) in [6.45, 7) is 2.29. The minimum Gasteiger partial charge on any atom is -0.386 e. The van der Waals surface area contributed by atoms with Crippen molar-refractivity contribution >= 4 is 5.91 Å². The fraction of sp³-hybridized carbons (Fsp3) is 0.611. The number of hydrogen-bond donors (Lipinski definition) is 2. The van der Waals surface area contributed by atoms with Gasteiger partial charge in [0, 0.05) is 12.0 Å². The number of fused-ring (bicyclic) bond motifs is 2. The van der Waals surface area contributed by atoms with E-state index in [9.17, 15) is 9.90 Å². The molecule has 1 aliphatic carbocycles. The van der Waals surface area contributed by atoms with Crippen molar-refractivity contribution in [1.29, 1.82) is 0 Å². The Bertz CT molecular complexity index is 576. The van der Waals surface area contributed by atoms with Crippen molar-refractivity contribution in [3.05, 3.63) is 35.4 Å². The molecule has 0 spiro atoms. The van der Waals surface area contributed by atoms with Crippen LogP contribution in [0.5, 0.6) is 0 Å². The molecule has 118 valence electrons. The number of aliphatic hydroxyl groups excluding tert-OH is 1. The fourth-order valence-electron chi connectivity index (χ4n) is 4.77. The van der Waals surface area contributed by atoms with Crippen LogP contribution in [0, 0.1) is 0 Å². The van der Waals surface area contributed by atoms with Crippen molar-refractivity contribution in [3.63, 3.8) is 0 Å². The lowest BCUT2D eigenvalue weighted by Gasteiger charge is -2.32. The molecule has 2 heterocycles. The molecule has 3 aliphatic rings. The minimum absolute atomic E-state index is 0.102. The van der Waals surface area contributed by atoms with Crippen molar-refractivity contribution in [2.24, 2.45) is 0 Å². The van der Waals surface area contributed by atoms with Crippen LogP contribution in [0.15, 0.2) is 24.3 Å². The lowest BCUT2D eigenvalue weighted by molar-refractivity contribution is -0.124. The number of benzene rings is 1. The van der Waals surface area contributed by atoms with Gasteiger partial charge in [0.1, 0.15) is 0 Å². The zero-order chi connectivity index (χ0) is 15.2. The zero-order valence-corrected chi connectivity index (χ0v) is 12.9. The maximum atomic E-state index is 12.5. The Balaban J connectivity index is 1.41. The summed E-state index contributed by atoms with van der Waals surface area (Å²) in [7, 11) is 0. The van der Waals surface area contributed by atoms with Gasteiger partial charge in [-0.3, -0.25) is 9.69 Å². The molecule has 2 atom stereocenters. The van der Waals surface area contributed by atoms with Gasteiger partial charge in [0.05, 0.1) is 12.1 Å². The van der Waals surface area contributed by atoms with E-state index in [1.165, 1.54) is 12.8 Å². The van der Waals surface area contributed by atoms with Crippen molar-refractivity contribution in [2.75, 3.05) is 13.1 Å². The first-order chi connectivity index (χ1) is 10.7. The number of carbonyl (C=O) groups excluding carboxylic acids is 1. The SMILES string of the molecule is O=C(CC12CCCN1CCC2)N[C@@H]1Cc2ccccc2[C@@H]1O. The fourth-order valence-corrected chi connectivity index (χ4v) is 4.77. The van der Waals surface area contributed by atoms with Crippen LogP contribution in [0.3, 0.4) is 0 Å². The normalized spacial score (nSPS) is 29.3. The first kappa shape index (κ1) is 14.2. The average molecular weight is 300 g/mol. The second kappa shape index (κ2) is 5.36. The molecule has 1 amide bonds. The largest absolute Gasteiger partial charge is 0.386 e. The Morgan fingerprint density at radius 2 is 2.00 bits per heavy atom. The molecule has 22 heavy (non-hydrogen) atoms. The van der Waals surface area contributed by atoms with Gasteiger partial charge in [0.25, 0.3) is 0 Å². The Kier molecular flexibility index (Phi) is 3.46. The molecule has 1 aromatic rings. The molecule has 0 aromatic heterocycles. The van der Waals surface area contributed by atoms with Crippen LogP contribution in [0.1, 0.15) is 49.3 Å². The molecule has 4 nitrogen and oxygen atoms in total. The second-order valence-corrected chi connectivity index (χ2v) is 7.12. The monoisotopic (exact) mass is 300 g/mol. The summed E-state index contributed by atoms with van der Waals surface area (Å²) in [5.74, 6) is 0.102. The van der Waals surface area contributed by atoms with Crippen LogP contribution in [-0.4, -0.2) is 40.6 Å². The number of aliphatic hydroxyl groups is 1. The summed E-state index contributed by atoms with van der Waals surface area (Å²) in [6, 6.07) is 7.76. The van der Waals surface area contributed by atoms with Gasteiger partial charge in [0.15, 0.2) is 0 Å². The quantitative estimate of drug-likeness (QED) is 0.894. The lowest BCUT2D eigenvalue weighted by Crippen LogP contribution is -2.46. The first-order valence-electron chi connectivity index (χ1n) is 8.48. The lowest BCUT2D eigenvalue weighted by atomic mass is 9.90. The van der Waals surface area contributed by atoms with Crippen LogP contribution in [0.25, 0.3) is 0 Å². The van der Waals surface area contributed by atoms with Gasteiger partial charge in [-0.05, 0) is 56.3 Å². The third-order valence-corrected chi connectivity index (χ3v) is 5.84. The predicted molar refractivity (Wildman–Crippen MR) is 84.4 cm³/mol. The summed E-state index contributed by atoms with van der Waals surface area (Å²) in [4.78, 5) is 15.0. The van der Waals surface area contributed by atoms with Crippen molar-refractivity contribution in [3.8, 4) is 0 Å².